The lowest BCUT2D eigenvalue weighted by Crippen LogP contribution is -1.83. The van der Waals surface area contributed by atoms with Gasteiger partial charge >= 0.3 is 0 Å². The SMILES string of the molecule is CCCCCCCCCCO.Oc1ccccc1. The fourth-order valence-electron chi connectivity index (χ4n) is 1.67. The Labute approximate surface area is 112 Å². The number of aliphatic hydroxyl groups excluding tert-OH is 1. The predicted molar refractivity (Wildman–Crippen MR) is 77.8 cm³/mol. The lowest BCUT2D eigenvalue weighted by atomic mass is 10.1. The molecule has 0 heterocycles. The number of benzene rings is 1. The van der Waals surface area contributed by atoms with Crippen LogP contribution in [0.1, 0.15) is 58.3 Å². The number of hydrogen-bond acceptors (Lipinski definition) is 2. The van der Waals surface area contributed by atoms with E-state index in [9.17, 15) is 0 Å². The summed E-state index contributed by atoms with van der Waals surface area (Å²) in [4.78, 5) is 0. The zero-order chi connectivity index (χ0) is 13.5. The van der Waals surface area contributed by atoms with E-state index in [0.29, 0.717) is 12.4 Å². The number of unbranched alkanes of at least 4 members (excludes halogenated alkanes) is 7. The lowest BCUT2D eigenvalue weighted by molar-refractivity contribution is 0.282. The Morgan fingerprint density at radius 1 is 0.778 bits per heavy atom. The van der Waals surface area contributed by atoms with Crippen LogP contribution in [0.4, 0.5) is 0 Å². The molecule has 0 amide bonds. The molecule has 2 N–H and O–H groups in total. The van der Waals surface area contributed by atoms with Gasteiger partial charge in [-0.2, -0.15) is 0 Å². The smallest absolute Gasteiger partial charge is 0.115 e. The molecule has 0 saturated carbocycles. The Morgan fingerprint density at radius 3 is 1.67 bits per heavy atom. The molecule has 0 fully saturated rings. The monoisotopic (exact) mass is 252 g/mol. The number of aromatic hydroxyl groups is 1. The summed E-state index contributed by atoms with van der Waals surface area (Å²) < 4.78 is 0. The van der Waals surface area contributed by atoms with Gasteiger partial charge in [0.15, 0.2) is 0 Å². The molecule has 18 heavy (non-hydrogen) atoms. The molecule has 0 saturated heterocycles. The van der Waals surface area contributed by atoms with Gasteiger partial charge in [0.1, 0.15) is 5.75 Å². The van der Waals surface area contributed by atoms with Crippen LogP contribution in [0.3, 0.4) is 0 Å². The summed E-state index contributed by atoms with van der Waals surface area (Å²) in [7, 11) is 0. The van der Waals surface area contributed by atoms with E-state index in [1.807, 2.05) is 6.07 Å². The molecule has 0 aromatic heterocycles. The van der Waals surface area contributed by atoms with E-state index >= 15 is 0 Å². The number of hydrogen-bond donors (Lipinski definition) is 2. The van der Waals surface area contributed by atoms with Crippen molar-refractivity contribution < 1.29 is 10.2 Å². The molecule has 0 radical (unpaired) electrons. The molecule has 0 spiro atoms. The van der Waals surface area contributed by atoms with Gasteiger partial charge in [-0.25, -0.2) is 0 Å². The maximum absolute atomic E-state index is 8.63. The second kappa shape index (κ2) is 14.0. The second-order valence-electron chi connectivity index (χ2n) is 4.53. The summed E-state index contributed by atoms with van der Waals surface area (Å²) in [6.07, 6.45) is 10.4. The quantitative estimate of drug-likeness (QED) is 0.668. The molecule has 0 atom stereocenters. The topological polar surface area (TPSA) is 40.5 Å². The maximum Gasteiger partial charge on any atom is 0.115 e. The van der Waals surface area contributed by atoms with E-state index in [-0.39, 0.29) is 0 Å². The Hall–Kier alpha value is -1.02. The van der Waals surface area contributed by atoms with Crippen molar-refractivity contribution in [2.75, 3.05) is 6.61 Å². The molecule has 2 nitrogen and oxygen atoms in total. The van der Waals surface area contributed by atoms with Gasteiger partial charge in [0.05, 0.1) is 0 Å². The number of phenols is 1. The highest BCUT2D eigenvalue weighted by Gasteiger charge is 1.89. The second-order valence-corrected chi connectivity index (χ2v) is 4.53. The molecule has 0 aliphatic carbocycles. The lowest BCUT2D eigenvalue weighted by Gasteiger charge is -1.98. The van der Waals surface area contributed by atoms with Crippen molar-refractivity contribution in [3.8, 4) is 5.75 Å². The Kier molecular flexibility index (Phi) is 13.2. The van der Waals surface area contributed by atoms with Crippen molar-refractivity contribution in [2.45, 2.75) is 58.3 Å². The van der Waals surface area contributed by atoms with Gasteiger partial charge in [-0.05, 0) is 18.6 Å². The normalized spacial score (nSPS) is 9.67. The van der Waals surface area contributed by atoms with Gasteiger partial charge in [-0.3, -0.25) is 0 Å². The minimum Gasteiger partial charge on any atom is -0.508 e. The van der Waals surface area contributed by atoms with Gasteiger partial charge in [-0.1, -0.05) is 70.1 Å². The predicted octanol–water partition coefficient (Wildman–Crippen LogP) is 4.51. The first kappa shape index (κ1) is 17.0. The molecular formula is C16H28O2. The molecule has 0 unspecified atom stereocenters. The van der Waals surface area contributed by atoms with Crippen LogP contribution in [0.25, 0.3) is 0 Å². The first-order valence-electron chi connectivity index (χ1n) is 7.16. The molecule has 1 aromatic rings. The van der Waals surface area contributed by atoms with Gasteiger partial charge in [0.25, 0.3) is 0 Å². The van der Waals surface area contributed by atoms with Crippen LogP contribution in [-0.2, 0) is 0 Å². The highest BCUT2D eigenvalue weighted by molar-refractivity contribution is 5.18. The van der Waals surface area contributed by atoms with Gasteiger partial charge in [0.2, 0.25) is 0 Å². The molecule has 1 rings (SSSR count). The van der Waals surface area contributed by atoms with E-state index in [1.165, 1.54) is 44.9 Å². The van der Waals surface area contributed by atoms with Crippen LogP contribution in [0.2, 0.25) is 0 Å². The first-order valence-corrected chi connectivity index (χ1v) is 7.16. The van der Waals surface area contributed by atoms with E-state index in [1.54, 1.807) is 24.3 Å². The van der Waals surface area contributed by atoms with Crippen LogP contribution in [-0.4, -0.2) is 16.8 Å². The summed E-state index contributed by atoms with van der Waals surface area (Å²) in [5.41, 5.74) is 0. The number of phenolic OH excluding ortho intramolecular Hbond substituents is 1. The van der Waals surface area contributed by atoms with Crippen molar-refractivity contribution in [2.24, 2.45) is 0 Å². The minimum absolute atomic E-state index is 0.322. The van der Waals surface area contributed by atoms with Gasteiger partial charge < -0.3 is 10.2 Å². The molecule has 0 bridgehead atoms. The van der Waals surface area contributed by atoms with Crippen molar-refractivity contribution in [1.29, 1.82) is 0 Å². The average molecular weight is 252 g/mol. The molecule has 0 aliphatic heterocycles. The maximum atomic E-state index is 8.63. The van der Waals surface area contributed by atoms with E-state index in [0.717, 1.165) is 6.42 Å². The molecule has 1 aromatic carbocycles. The Bertz CT molecular complexity index is 239. The Morgan fingerprint density at radius 2 is 1.28 bits per heavy atom. The largest absolute Gasteiger partial charge is 0.508 e. The molecule has 104 valence electrons. The van der Waals surface area contributed by atoms with Crippen LogP contribution in [0.5, 0.6) is 5.75 Å². The summed E-state index contributed by atoms with van der Waals surface area (Å²) in [6, 6.07) is 8.71. The number of aliphatic hydroxyl groups is 1. The fraction of sp³-hybridized carbons (Fsp3) is 0.625. The van der Waals surface area contributed by atoms with Crippen molar-refractivity contribution in [3.05, 3.63) is 30.3 Å². The summed E-state index contributed by atoms with van der Waals surface area (Å²) in [5.74, 6) is 0.322. The highest BCUT2D eigenvalue weighted by Crippen LogP contribution is 2.07. The third kappa shape index (κ3) is 13.0. The van der Waals surface area contributed by atoms with Gasteiger partial charge in [-0.15, -0.1) is 0 Å². The Balaban J connectivity index is 0.000000351. The van der Waals surface area contributed by atoms with Crippen LogP contribution >= 0.6 is 0 Å². The van der Waals surface area contributed by atoms with Crippen molar-refractivity contribution in [1.82, 2.24) is 0 Å². The molecule has 0 aliphatic rings. The highest BCUT2D eigenvalue weighted by atomic mass is 16.3. The van der Waals surface area contributed by atoms with E-state index < -0.39 is 0 Å². The standard InChI is InChI=1S/C10H22O.C6H6O/c1-2-3-4-5-6-7-8-9-10-11;7-6-4-2-1-3-5-6/h11H,2-10H2,1H3;1-5,7H. The summed E-state index contributed by atoms with van der Waals surface area (Å²) >= 11 is 0. The zero-order valence-corrected chi connectivity index (χ0v) is 11.6. The molecule has 2 heteroatoms. The summed E-state index contributed by atoms with van der Waals surface area (Å²) in [5, 5.41) is 17.1. The first-order chi connectivity index (χ1) is 8.81. The van der Waals surface area contributed by atoms with Crippen molar-refractivity contribution in [3.63, 3.8) is 0 Å². The third-order valence-electron chi connectivity index (χ3n) is 2.77. The van der Waals surface area contributed by atoms with E-state index in [2.05, 4.69) is 6.92 Å². The zero-order valence-electron chi connectivity index (χ0n) is 11.6. The minimum atomic E-state index is 0.322. The number of rotatable bonds is 8. The van der Waals surface area contributed by atoms with Crippen LogP contribution < -0.4 is 0 Å². The van der Waals surface area contributed by atoms with Gasteiger partial charge in [0, 0.05) is 6.61 Å². The fourth-order valence-corrected chi connectivity index (χ4v) is 1.67. The summed E-state index contributed by atoms with van der Waals surface area (Å²) in [6.45, 7) is 2.61. The molecular weight excluding hydrogens is 224 g/mol. The average Bonchev–Trinajstić information content (AvgIpc) is 2.39. The van der Waals surface area contributed by atoms with Crippen LogP contribution in [0.15, 0.2) is 30.3 Å². The number of para-hydroxylation sites is 1. The van der Waals surface area contributed by atoms with Crippen molar-refractivity contribution >= 4 is 0 Å². The third-order valence-corrected chi connectivity index (χ3v) is 2.77. The van der Waals surface area contributed by atoms with Crippen LogP contribution in [0, 0.1) is 0 Å². The van der Waals surface area contributed by atoms with E-state index in [4.69, 9.17) is 10.2 Å².